The quantitative estimate of drug-likeness (QED) is 0.639. The number of aromatic nitrogens is 3. The number of hydrogen-bond acceptors (Lipinski definition) is 4. The van der Waals surface area contributed by atoms with E-state index in [1.54, 1.807) is 0 Å². The molecule has 0 bridgehead atoms. The third-order valence-corrected chi connectivity index (χ3v) is 3.00. The van der Waals surface area contributed by atoms with Crippen LogP contribution in [0, 0.1) is 13.8 Å². The fourth-order valence-corrected chi connectivity index (χ4v) is 1.91. The van der Waals surface area contributed by atoms with Crippen molar-refractivity contribution in [2.24, 2.45) is 0 Å². The van der Waals surface area contributed by atoms with E-state index in [2.05, 4.69) is 15.4 Å². The Labute approximate surface area is 98.3 Å². The van der Waals surface area contributed by atoms with Crippen LogP contribution in [-0.2, 0) is 0 Å². The summed E-state index contributed by atoms with van der Waals surface area (Å²) >= 11 is 0. The molecule has 0 saturated heterocycles. The van der Waals surface area contributed by atoms with E-state index in [9.17, 15) is 0 Å². The van der Waals surface area contributed by atoms with Crippen molar-refractivity contribution in [1.82, 2.24) is 15.4 Å². The van der Waals surface area contributed by atoms with Gasteiger partial charge in [0.25, 0.3) is 5.71 Å². The number of rotatable bonds is 1. The monoisotopic (exact) mass is 225 g/mol. The van der Waals surface area contributed by atoms with Crippen LogP contribution in [0.4, 0.5) is 0 Å². The Kier molecular flexibility index (Phi) is 2.14. The molecule has 4 heteroatoms. The third kappa shape index (κ3) is 1.49. The lowest BCUT2D eigenvalue weighted by molar-refractivity contribution is 0.418. The predicted molar refractivity (Wildman–Crippen MR) is 64.5 cm³/mol. The molecule has 2 heterocycles. The number of aryl methyl sites for hydroxylation is 1. The maximum Gasteiger partial charge on any atom is 0.279 e. The lowest BCUT2D eigenvalue weighted by atomic mass is 10.0. The summed E-state index contributed by atoms with van der Waals surface area (Å²) in [6, 6.07) is 10.0. The van der Waals surface area contributed by atoms with Gasteiger partial charge in [0.15, 0.2) is 5.52 Å². The molecule has 84 valence electrons. The van der Waals surface area contributed by atoms with Crippen molar-refractivity contribution in [1.29, 1.82) is 0 Å². The van der Waals surface area contributed by atoms with E-state index in [-0.39, 0.29) is 0 Å². The molecule has 0 radical (unpaired) electrons. The molecule has 0 aliphatic heterocycles. The summed E-state index contributed by atoms with van der Waals surface area (Å²) in [6.07, 6.45) is 0. The highest BCUT2D eigenvalue weighted by Gasteiger charge is 2.13. The van der Waals surface area contributed by atoms with Crippen LogP contribution in [-0.4, -0.2) is 15.4 Å². The maximum absolute atomic E-state index is 5.04. The molecule has 0 saturated carbocycles. The van der Waals surface area contributed by atoms with Gasteiger partial charge in [-0.2, -0.15) is 0 Å². The molecule has 3 aromatic rings. The lowest BCUT2D eigenvalue weighted by Gasteiger charge is -2.07. The van der Waals surface area contributed by atoms with Gasteiger partial charge in [-0.25, -0.2) is 4.98 Å². The summed E-state index contributed by atoms with van der Waals surface area (Å²) < 4.78 is 5.04. The van der Waals surface area contributed by atoms with Crippen molar-refractivity contribution < 1.29 is 4.52 Å². The minimum atomic E-state index is 0.493. The predicted octanol–water partition coefficient (Wildman–Crippen LogP) is 2.90. The standard InChI is InChI=1S/C13H11N3O/c1-8-9(2)12-13(17-16-15-12)14-11(8)10-6-4-3-5-7-10/h3-7H,1-2H3. The zero-order chi connectivity index (χ0) is 11.8. The molecule has 0 N–H and O–H groups in total. The number of benzene rings is 1. The summed E-state index contributed by atoms with van der Waals surface area (Å²) in [4.78, 5) is 4.47. The summed E-state index contributed by atoms with van der Waals surface area (Å²) in [7, 11) is 0. The summed E-state index contributed by atoms with van der Waals surface area (Å²) in [5.74, 6) is 0. The van der Waals surface area contributed by atoms with Gasteiger partial charge < -0.3 is 4.52 Å². The van der Waals surface area contributed by atoms with Gasteiger partial charge in [0, 0.05) is 10.8 Å². The molecule has 17 heavy (non-hydrogen) atoms. The smallest absolute Gasteiger partial charge is 0.279 e. The van der Waals surface area contributed by atoms with E-state index in [0.717, 1.165) is 27.9 Å². The molecule has 0 fully saturated rings. The number of fused-ring (bicyclic) bond motifs is 1. The van der Waals surface area contributed by atoms with Crippen LogP contribution in [0.25, 0.3) is 22.5 Å². The second-order valence-electron chi connectivity index (χ2n) is 4.00. The van der Waals surface area contributed by atoms with Crippen LogP contribution in [0.15, 0.2) is 34.9 Å². The highest BCUT2D eigenvalue weighted by molar-refractivity contribution is 5.79. The van der Waals surface area contributed by atoms with Gasteiger partial charge in [0.05, 0.1) is 5.69 Å². The lowest BCUT2D eigenvalue weighted by Crippen LogP contribution is -1.93. The first-order valence-electron chi connectivity index (χ1n) is 5.42. The normalized spacial score (nSPS) is 10.9. The van der Waals surface area contributed by atoms with Crippen LogP contribution >= 0.6 is 0 Å². The van der Waals surface area contributed by atoms with Crippen molar-refractivity contribution in [2.45, 2.75) is 13.8 Å². The first-order valence-corrected chi connectivity index (χ1v) is 5.42. The zero-order valence-corrected chi connectivity index (χ0v) is 9.64. The Morgan fingerprint density at radius 3 is 2.53 bits per heavy atom. The molecule has 3 rings (SSSR count). The van der Waals surface area contributed by atoms with E-state index in [1.165, 1.54) is 0 Å². The molecule has 4 nitrogen and oxygen atoms in total. The summed E-state index contributed by atoms with van der Waals surface area (Å²) in [5, 5.41) is 7.49. The Morgan fingerprint density at radius 2 is 1.76 bits per heavy atom. The van der Waals surface area contributed by atoms with Crippen molar-refractivity contribution in [2.75, 3.05) is 0 Å². The molecule has 0 amide bonds. The third-order valence-electron chi connectivity index (χ3n) is 3.00. The largest absolute Gasteiger partial charge is 0.316 e. The van der Waals surface area contributed by atoms with Crippen LogP contribution in [0.5, 0.6) is 0 Å². The van der Waals surface area contributed by atoms with Gasteiger partial charge in [0.2, 0.25) is 0 Å². The minimum absolute atomic E-state index is 0.493. The minimum Gasteiger partial charge on any atom is -0.316 e. The second kappa shape index (κ2) is 3.66. The fraction of sp³-hybridized carbons (Fsp3) is 0.154. The SMILES string of the molecule is Cc1c(-c2ccccc2)nc2onnc2c1C. The number of pyridine rings is 1. The Bertz CT molecular complexity index is 674. The zero-order valence-electron chi connectivity index (χ0n) is 9.64. The van der Waals surface area contributed by atoms with Crippen molar-refractivity contribution in [3.8, 4) is 11.3 Å². The first-order chi connectivity index (χ1) is 8.27. The van der Waals surface area contributed by atoms with Crippen LogP contribution in [0.3, 0.4) is 0 Å². The molecule has 0 aliphatic carbocycles. The topological polar surface area (TPSA) is 51.8 Å². The van der Waals surface area contributed by atoms with Gasteiger partial charge in [-0.3, -0.25) is 0 Å². The second-order valence-corrected chi connectivity index (χ2v) is 4.00. The Morgan fingerprint density at radius 1 is 1.00 bits per heavy atom. The summed E-state index contributed by atoms with van der Waals surface area (Å²) in [6.45, 7) is 4.05. The highest BCUT2D eigenvalue weighted by atomic mass is 16.5. The van der Waals surface area contributed by atoms with E-state index in [0.29, 0.717) is 5.71 Å². The number of nitrogens with zero attached hydrogens (tertiary/aromatic N) is 3. The average Bonchev–Trinajstić information content (AvgIpc) is 2.83. The van der Waals surface area contributed by atoms with Gasteiger partial charge in [0.1, 0.15) is 0 Å². The molecule has 2 aromatic heterocycles. The Balaban J connectivity index is 2.34. The van der Waals surface area contributed by atoms with E-state index in [4.69, 9.17) is 4.52 Å². The van der Waals surface area contributed by atoms with Gasteiger partial charge in [-0.05, 0) is 25.0 Å². The van der Waals surface area contributed by atoms with E-state index < -0.39 is 0 Å². The molecule has 0 atom stereocenters. The van der Waals surface area contributed by atoms with Crippen molar-refractivity contribution in [3.63, 3.8) is 0 Å². The molecule has 0 spiro atoms. The van der Waals surface area contributed by atoms with E-state index in [1.807, 2.05) is 44.2 Å². The van der Waals surface area contributed by atoms with Gasteiger partial charge in [-0.15, -0.1) is 5.10 Å². The molecule has 1 aromatic carbocycles. The fourth-order valence-electron chi connectivity index (χ4n) is 1.91. The first kappa shape index (κ1) is 9.96. The summed E-state index contributed by atoms with van der Waals surface area (Å²) in [5.41, 5.74) is 5.41. The van der Waals surface area contributed by atoms with Crippen molar-refractivity contribution in [3.05, 3.63) is 41.5 Å². The van der Waals surface area contributed by atoms with Gasteiger partial charge in [-0.1, -0.05) is 30.3 Å². The number of hydrogen-bond donors (Lipinski definition) is 0. The maximum atomic E-state index is 5.04. The molecular weight excluding hydrogens is 214 g/mol. The molecule has 0 unspecified atom stereocenters. The molecule has 0 aliphatic rings. The van der Waals surface area contributed by atoms with Crippen LogP contribution in [0.2, 0.25) is 0 Å². The Hall–Kier alpha value is -2.23. The van der Waals surface area contributed by atoms with Crippen LogP contribution < -0.4 is 0 Å². The highest BCUT2D eigenvalue weighted by Crippen LogP contribution is 2.27. The van der Waals surface area contributed by atoms with E-state index >= 15 is 0 Å². The molecular formula is C13H11N3O. The van der Waals surface area contributed by atoms with Crippen molar-refractivity contribution >= 4 is 11.2 Å². The average molecular weight is 225 g/mol. The van der Waals surface area contributed by atoms with Crippen LogP contribution in [0.1, 0.15) is 11.1 Å². The van der Waals surface area contributed by atoms with Gasteiger partial charge >= 0.3 is 0 Å².